The molecular weight excluding hydrogens is 361 g/mol. The van der Waals surface area contributed by atoms with Gasteiger partial charge in [-0.2, -0.15) is 0 Å². The van der Waals surface area contributed by atoms with Crippen molar-refractivity contribution in [3.8, 4) is 5.75 Å². The molecule has 0 aliphatic heterocycles. The fraction of sp³-hybridized carbons (Fsp3) is 0.278. The number of carboxylic acid groups (broad SMARTS) is 1. The molecule has 0 amide bonds. The van der Waals surface area contributed by atoms with E-state index in [1.54, 1.807) is 12.1 Å². The molecule has 138 valence electrons. The van der Waals surface area contributed by atoms with E-state index in [2.05, 4.69) is 4.72 Å². The third kappa shape index (κ3) is 4.20. The van der Waals surface area contributed by atoms with Gasteiger partial charge in [-0.1, -0.05) is 12.1 Å². The van der Waals surface area contributed by atoms with Crippen LogP contribution in [-0.2, 0) is 27.7 Å². The molecule has 1 aliphatic carbocycles. The van der Waals surface area contributed by atoms with Gasteiger partial charge in [-0.25, -0.2) is 22.3 Å². The second-order valence-corrected chi connectivity index (χ2v) is 7.81. The third-order valence-electron chi connectivity index (χ3n) is 4.24. The number of ether oxygens (including phenoxy) is 1. The molecule has 8 heteroatoms. The molecule has 1 aliphatic rings. The van der Waals surface area contributed by atoms with Crippen LogP contribution in [0.3, 0.4) is 0 Å². The number of rotatable bonds is 6. The van der Waals surface area contributed by atoms with E-state index in [0.29, 0.717) is 25.0 Å². The van der Waals surface area contributed by atoms with Gasteiger partial charge in [-0.15, -0.1) is 0 Å². The average molecular weight is 379 g/mol. The molecule has 3 rings (SSSR count). The lowest BCUT2D eigenvalue weighted by atomic mass is 9.88. The number of hydrogen-bond acceptors (Lipinski definition) is 4. The lowest BCUT2D eigenvalue weighted by Crippen LogP contribution is -2.38. The van der Waals surface area contributed by atoms with Gasteiger partial charge in [0.1, 0.15) is 11.6 Å². The summed E-state index contributed by atoms with van der Waals surface area (Å²) in [6.07, 6.45) is 1.60. The average Bonchev–Trinajstić information content (AvgIpc) is 2.59. The summed E-state index contributed by atoms with van der Waals surface area (Å²) in [4.78, 5) is 10.7. The summed E-state index contributed by atoms with van der Waals surface area (Å²) >= 11 is 0. The van der Waals surface area contributed by atoms with Crippen LogP contribution in [0.2, 0.25) is 0 Å². The molecule has 0 radical (unpaired) electrons. The van der Waals surface area contributed by atoms with Gasteiger partial charge in [-0.05, 0) is 60.7 Å². The van der Waals surface area contributed by atoms with Gasteiger partial charge in [0.15, 0.2) is 6.61 Å². The normalized spacial score (nSPS) is 16.7. The van der Waals surface area contributed by atoms with Crippen molar-refractivity contribution in [2.24, 2.45) is 0 Å². The summed E-state index contributed by atoms with van der Waals surface area (Å²) in [7, 11) is -3.74. The summed E-state index contributed by atoms with van der Waals surface area (Å²) in [6.45, 7) is -0.420. The first-order chi connectivity index (χ1) is 12.3. The largest absolute Gasteiger partial charge is 0.482 e. The number of carboxylic acids is 1. The van der Waals surface area contributed by atoms with E-state index >= 15 is 0 Å². The van der Waals surface area contributed by atoms with Crippen LogP contribution in [-0.4, -0.2) is 32.1 Å². The van der Waals surface area contributed by atoms with Crippen molar-refractivity contribution in [1.82, 2.24) is 4.72 Å². The molecule has 6 nitrogen and oxygen atoms in total. The van der Waals surface area contributed by atoms with Crippen LogP contribution in [0, 0.1) is 5.82 Å². The number of sulfonamides is 1. The van der Waals surface area contributed by atoms with Crippen molar-refractivity contribution in [3.05, 3.63) is 59.4 Å². The molecule has 1 atom stereocenters. The van der Waals surface area contributed by atoms with Crippen LogP contribution in [0.15, 0.2) is 47.4 Å². The zero-order valence-electron chi connectivity index (χ0n) is 13.8. The second-order valence-electron chi connectivity index (χ2n) is 6.09. The van der Waals surface area contributed by atoms with Gasteiger partial charge in [0.05, 0.1) is 4.90 Å². The van der Waals surface area contributed by atoms with Crippen LogP contribution < -0.4 is 9.46 Å². The summed E-state index contributed by atoms with van der Waals surface area (Å²) in [5.41, 5.74) is 1.83. The van der Waals surface area contributed by atoms with E-state index in [-0.39, 0.29) is 10.9 Å². The predicted molar refractivity (Wildman–Crippen MR) is 92.1 cm³/mol. The van der Waals surface area contributed by atoms with Crippen LogP contribution in [0.25, 0.3) is 0 Å². The Morgan fingerprint density at radius 2 is 1.96 bits per heavy atom. The zero-order valence-corrected chi connectivity index (χ0v) is 14.6. The number of nitrogens with one attached hydrogen (secondary N) is 1. The Hall–Kier alpha value is -2.45. The van der Waals surface area contributed by atoms with Gasteiger partial charge in [0.2, 0.25) is 10.0 Å². The monoisotopic (exact) mass is 379 g/mol. The van der Waals surface area contributed by atoms with Crippen molar-refractivity contribution in [1.29, 1.82) is 0 Å². The molecular formula is C18H18FNO5S. The number of hydrogen-bond donors (Lipinski definition) is 2. The first-order valence-electron chi connectivity index (χ1n) is 8.08. The summed E-state index contributed by atoms with van der Waals surface area (Å²) in [6, 6.07) is 9.72. The Balaban J connectivity index is 1.73. The molecule has 1 unspecified atom stereocenters. The van der Waals surface area contributed by atoms with Crippen LogP contribution in [0.4, 0.5) is 4.39 Å². The maximum absolute atomic E-state index is 13.0. The van der Waals surface area contributed by atoms with Crippen LogP contribution in [0.1, 0.15) is 17.5 Å². The van der Waals surface area contributed by atoms with E-state index in [9.17, 15) is 17.6 Å². The van der Waals surface area contributed by atoms with Crippen molar-refractivity contribution in [2.75, 3.05) is 6.61 Å². The molecule has 0 heterocycles. The topological polar surface area (TPSA) is 92.7 Å². The Kier molecular flexibility index (Phi) is 5.24. The predicted octanol–water partition coefficient (Wildman–Crippen LogP) is 2.12. The van der Waals surface area contributed by atoms with Crippen molar-refractivity contribution >= 4 is 16.0 Å². The molecule has 2 aromatic carbocycles. The molecule has 2 aromatic rings. The lowest BCUT2D eigenvalue weighted by Gasteiger charge is -2.26. The highest BCUT2D eigenvalue weighted by Gasteiger charge is 2.26. The van der Waals surface area contributed by atoms with Gasteiger partial charge in [0, 0.05) is 6.04 Å². The highest BCUT2D eigenvalue weighted by Crippen LogP contribution is 2.30. The lowest BCUT2D eigenvalue weighted by molar-refractivity contribution is -0.139. The molecule has 0 fully saturated rings. The zero-order chi connectivity index (χ0) is 18.7. The van der Waals surface area contributed by atoms with Gasteiger partial charge in [-0.3, -0.25) is 0 Å². The minimum atomic E-state index is -3.74. The van der Waals surface area contributed by atoms with E-state index in [4.69, 9.17) is 9.84 Å². The van der Waals surface area contributed by atoms with E-state index in [0.717, 1.165) is 23.3 Å². The van der Waals surface area contributed by atoms with Crippen molar-refractivity contribution in [3.63, 3.8) is 0 Å². The molecule has 0 aromatic heterocycles. The second kappa shape index (κ2) is 7.43. The number of halogens is 1. The smallest absolute Gasteiger partial charge is 0.341 e. The SMILES string of the molecule is O=C(O)COc1cccc2c1CCC(NS(=O)(=O)c1ccc(F)cc1)C2. The standard InChI is InChI=1S/C18H18FNO5S/c19-13-4-7-15(8-5-13)26(23,24)20-14-6-9-16-12(10-14)2-1-3-17(16)25-11-18(21)22/h1-5,7-8,14,20H,6,9-11H2,(H,21,22). The molecule has 0 spiro atoms. The highest BCUT2D eigenvalue weighted by molar-refractivity contribution is 7.89. The Morgan fingerprint density at radius 1 is 1.23 bits per heavy atom. The maximum atomic E-state index is 13.0. The molecule has 0 saturated heterocycles. The maximum Gasteiger partial charge on any atom is 0.341 e. The van der Waals surface area contributed by atoms with E-state index < -0.39 is 28.4 Å². The third-order valence-corrected chi connectivity index (χ3v) is 5.77. The fourth-order valence-electron chi connectivity index (χ4n) is 3.05. The van der Waals surface area contributed by atoms with E-state index in [1.807, 2.05) is 6.07 Å². The number of carbonyl (C=O) groups is 1. The number of aliphatic carboxylic acids is 1. The summed E-state index contributed by atoms with van der Waals surface area (Å²) in [5.74, 6) is -1.03. The minimum Gasteiger partial charge on any atom is -0.482 e. The first kappa shape index (κ1) is 18.3. The molecule has 0 bridgehead atoms. The molecule has 0 saturated carbocycles. The van der Waals surface area contributed by atoms with Gasteiger partial charge < -0.3 is 9.84 Å². The number of benzene rings is 2. The van der Waals surface area contributed by atoms with E-state index in [1.165, 1.54) is 12.1 Å². The highest BCUT2D eigenvalue weighted by atomic mass is 32.2. The molecule has 26 heavy (non-hydrogen) atoms. The number of fused-ring (bicyclic) bond motifs is 1. The van der Waals surface area contributed by atoms with Crippen LogP contribution >= 0.6 is 0 Å². The minimum absolute atomic E-state index is 0.0169. The van der Waals surface area contributed by atoms with Crippen molar-refractivity contribution < 1.29 is 27.4 Å². The first-order valence-corrected chi connectivity index (χ1v) is 9.57. The van der Waals surface area contributed by atoms with Crippen LogP contribution in [0.5, 0.6) is 5.75 Å². The summed E-state index contributed by atoms with van der Waals surface area (Å²) in [5, 5.41) is 8.75. The summed E-state index contributed by atoms with van der Waals surface area (Å²) < 4.78 is 45.8. The Bertz CT molecular complexity index is 912. The Morgan fingerprint density at radius 3 is 2.65 bits per heavy atom. The quantitative estimate of drug-likeness (QED) is 0.802. The van der Waals surface area contributed by atoms with Gasteiger partial charge >= 0.3 is 5.97 Å². The Labute approximate surface area is 150 Å². The fourth-order valence-corrected chi connectivity index (χ4v) is 4.32. The molecule has 2 N–H and O–H groups in total. The van der Waals surface area contributed by atoms with Crippen molar-refractivity contribution in [2.45, 2.75) is 30.2 Å². The van der Waals surface area contributed by atoms with Gasteiger partial charge in [0.25, 0.3) is 0 Å².